The van der Waals surface area contributed by atoms with Crippen molar-refractivity contribution in [3.05, 3.63) is 22.2 Å². The van der Waals surface area contributed by atoms with Crippen LogP contribution in [0.3, 0.4) is 0 Å². The molecule has 136 valence electrons. The Labute approximate surface area is 145 Å². The number of hydrogen-bond acceptors (Lipinski definition) is 7. The van der Waals surface area contributed by atoms with Crippen molar-refractivity contribution in [2.24, 2.45) is 0 Å². The number of pyridine rings is 1. The number of nitrogens with zero attached hydrogens (tertiary/aromatic N) is 3. The van der Waals surface area contributed by atoms with Crippen molar-refractivity contribution < 1.29 is 24.0 Å². The van der Waals surface area contributed by atoms with E-state index in [-0.39, 0.29) is 24.7 Å². The molecule has 0 aliphatic carbocycles. The Morgan fingerprint density at radius 1 is 1.40 bits per heavy atom. The molecule has 2 heterocycles. The minimum Gasteiger partial charge on any atom is -0.475 e. The lowest BCUT2D eigenvalue weighted by Gasteiger charge is -2.28. The van der Waals surface area contributed by atoms with Crippen molar-refractivity contribution in [2.75, 3.05) is 18.1 Å². The zero-order valence-electron chi connectivity index (χ0n) is 14.3. The van der Waals surface area contributed by atoms with Crippen LogP contribution in [0.1, 0.15) is 39.5 Å². The lowest BCUT2D eigenvalue weighted by Crippen LogP contribution is -2.47. The number of unbranched alkanes of at least 4 members (excludes halogenated alkanes) is 3. The first-order chi connectivity index (χ1) is 11.9. The van der Waals surface area contributed by atoms with Crippen molar-refractivity contribution >= 4 is 23.5 Å². The van der Waals surface area contributed by atoms with Crippen LogP contribution in [0.2, 0.25) is 0 Å². The Morgan fingerprint density at radius 2 is 2.16 bits per heavy atom. The van der Waals surface area contributed by atoms with Crippen LogP contribution < -0.4 is 9.64 Å². The summed E-state index contributed by atoms with van der Waals surface area (Å²) >= 11 is 0. The SMILES string of the molecule is CCCCCCOC(=O)CN1C(=O)C(C)Oc2ccc([N+](=O)[O-])nc21. The van der Waals surface area contributed by atoms with Crippen LogP contribution in [0.25, 0.3) is 0 Å². The molecule has 1 aliphatic heterocycles. The van der Waals surface area contributed by atoms with E-state index in [9.17, 15) is 19.7 Å². The highest BCUT2D eigenvalue weighted by Gasteiger charge is 2.38. The van der Waals surface area contributed by atoms with Crippen LogP contribution >= 0.6 is 0 Å². The average Bonchev–Trinajstić information content (AvgIpc) is 2.58. The van der Waals surface area contributed by atoms with Gasteiger partial charge in [0, 0.05) is 6.07 Å². The molecule has 0 radical (unpaired) electrons. The molecule has 0 saturated heterocycles. The lowest BCUT2D eigenvalue weighted by atomic mass is 10.2. The quantitative estimate of drug-likeness (QED) is 0.305. The van der Waals surface area contributed by atoms with Crippen LogP contribution in [-0.4, -0.2) is 41.0 Å². The highest BCUT2D eigenvalue weighted by atomic mass is 16.6. The van der Waals surface area contributed by atoms with Crippen molar-refractivity contribution in [2.45, 2.75) is 45.6 Å². The number of aromatic nitrogens is 1. The van der Waals surface area contributed by atoms with Crippen LogP contribution in [0.15, 0.2) is 12.1 Å². The number of ether oxygens (including phenoxy) is 2. The third-order valence-corrected chi connectivity index (χ3v) is 3.73. The van der Waals surface area contributed by atoms with Crippen molar-refractivity contribution in [1.29, 1.82) is 0 Å². The second-order valence-electron chi connectivity index (χ2n) is 5.71. The first kappa shape index (κ1) is 18.6. The molecule has 0 bridgehead atoms. The Bertz CT molecular complexity index is 663. The molecule has 2 rings (SSSR count). The number of carbonyl (C=O) groups excluding carboxylic acids is 2. The Balaban J connectivity index is 2.08. The molecule has 0 N–H and O–H groups in total. The van der Waals surface area contributed by atoms with Gasteiger partial charge in [-0.25, -0.2) is 0 Å². The molecule has 0 fully saturated rings. The fourth-order valence-electron chi connectivity index (χ4n) is 2.42. The van der Waals surface area contributed by atoms with Crippen LogP contribution in [0.4, 0.5) is 11.6 Å². The minimum absolute atomic E-state index is 0.0415. The zero-order chi connectivity index (χ0) is 18.4. The van der Waals surface area contributed by atoms with E-state index >= 15 is 0 Å². The van der Waals surface area contributed by atoms with Gasteiger partial charge in [0.25, 0.3) is 11.7 Å². The van der Waals surface area contributed by atoms with Gasteiger partial charge in [0.05, 0.1) is 6.61 Å². The Kier molecular flexibility index (Phi) is 6.26. The topological polar surface area (TPSA) is 112 Å². The van der Waals surface area contributed by atoms with E-state index < -0.39 is 28.7 Å². The van der Waals surface area contributed by atoms with Gasteiger partial charge in [-0.3, -0.25) is 14.5 Å². The summed E-state index contributed by atoms with van der Waals surface area (Å²) in [5.41, 5.74) is 0. The molecule has 1 unspecified atom stereocenters. The van der Waals surface area contributed by atoms with E-state index in [1.54, 1.807) is 0 Å². The van der Waals surface area contributed by atoms with Gasteiger partial charge in [0.1, 0.15) is 6.54 Å². The normalized spacial score (nSPS) is 16.2. The minimum atomic E-state index is -0.812. The van der Waals surface area contributed by atoms with E-state index in [2.05, 4.69) is 11.9 Å². The summed E-state index contributed by atoms with van der Waals surface area (Å²) in [5, 5.41) is 10.9. The predicted molar refractivity (Wildman–Crippen MR) is 88.4 cm³/mol. The fourth-order valence-corrected chi connectivity index (χ4v) is 2.42. The highest BCUT2D eigenvalue weighted by Crippen LogP contribution is 2.33. The molecule has 25 heavy (non-hydrogen) atoms. The fraction of sp³-hybridized carbons (Fsp3) is 0.562. The summed E-state index contributed by atoms with van der Waals surface area (Å²) < 4.78 is 10.5. The van der Waals surface area contributed by atoms with Gasteiger partial charge in [0.2, 0.25) is 0 Å². The molecule has 9 nitrogen and oxygen atoms in total. The molecule has 1 aromatic heterocycles. The van der Waals surface area contributed by atoms with E-state index in [1.165, 1.54) is 19.1 Å². The standard InChI is InChI=1S/C16H21N3O6/c1-3-4-5-6-9-24-14(20)10-18-15-12(25-11(2)16(18)21)7-8-13(17-15)19(22)23/h7-8,11H,3-6,9-10H2,1-2H3. The molecule has 0 saturated carbocycles. The number of hydrogen-bond donors (Lipinski definition) is 0. The number of esters is 1. The summed E-state index contributed by atoms with van der Waals surface area (Å²) in [6, 6.07) is 2.55. The number of fused-ring (bicyclic) bond motifs is 1. The maximum Gasteiger partial charge on any atom is 0.366 e. The molecule has 1 aromatic rings. The molecule has 0 aromatic carbocycles. The third kappa shape index (κ3) is 4.65. The van der Waals surface area contributed by atoms with Gasteiger partial charge in [-0.2, -0.15) is 0 Å². The Morgan fingerprint density at radius 3 is 2.84 bits per heavy atom. The van der Waals surface area contributed by atoms with E-state index in [4.69, 9.17) is 9.47 Å². The molecular formula is C16H21N3O6. The van der Waals surface area contributed by atoms with Gasteiger partial charge in [0.15, 0.2) is 11.9 Å². The molecule has 1 aliphatic rings. The van der Waals surface area contributed by atoms with E-state index in [0.29, 0.717) is 0 Å². The number of nitro groups is 1. The number of amides is 1. The molecule has 1 amide bonds. The second kappa shape index (κ2) is 8.41. The van der Waals surface area contributed by atoms with Crippen molar-refractivity contribution in [1.82, 2.24) is 4.98 Å². The zero-order valence-corrected chi connectivity index (χ0v) is 14.3. The molecule has 9 heteroatoms. The lowest BCUT2D eigenvalue weighted by molar-refractivity contribution is -0.389. The first-order valence-electron chi connectivity index (χ1n) is 8.23. The largest absolute Gasteiger partial charge is 0.475 e. The van der Waals surface area contributed by atoms with E-state index in [1.807, 2.05) is 0 Å². The second-order valence-corrected chi connectivity index (χ2v) is 5.71. The van der Waals surface area contributed by atoms with E-state index in [0.717, 1.165) is 30.6 Å². The van der Waals surface area contributed by atoms with Crippen LogP contribution in [0, 0.1) is 10.1 Å². The highest BCUT2D eigenvalue weighted by molar-refractivity contribution is 6.02. The summed E-state index contributed by atoms with van der Waals surface area (Å²) in [4.78, 5) is 39.4. The van der Waals surface area contributed by atoms with Gasteiger partial charge >= 0.3 is 11.8 Å². The first-order valence-corrected chi connectivity index (χ1v) is 8.23. The smallest absolute Gasteiger partial charge is 0.366 e. The molecule has 0 spiro atoms. The van der Waals surface area contributed by atoms with Crippen molar-refractivity contribution in [3.63, 3.8) is 0 Å². The summed E-state index contributed by atoms with van der Waals surface area (Å²) in [6.45, 7) is 3.54. The molecule has 1 atom stereocenters. The maximum absolute atomic E-state index is 12.3. The summed E-state index contributed by atoms with van der Waals surface area (Å²) in [7, 11) is 0. The van der Waals surface area contributed by atoms with Crippen molar-refractivity contribution in [3.8, 4) is 5.75 Å². The van der Waals surface area contributed by atoms with Gasteiger partial charge in [-0.15, -0.1) is 0 Å². The third-order valence-electron chi connectivity index (χ3n) is 3.73. The summed E-state index contributed by atoms with van der Waals surface area (Å²) in [6.07, 6.45) is 3.06. The average molecular weight is 351 g/mol. The Hall–Kier alpha value is -2.71. The summed E-state index contributed by atoms with van der Waals surface area (Å²) in [5.74, 6) is -1.34. The van der Waals surface area contributed by atoms with Gasteiger partial charge in [-0.1, -0.05) is 26.2 Å². The van der Waals surface area contributed by atoms with Crippen LogP contribution in [0.5, 0.6) is 5.75 Å². The maximum atomic E-state index is 12.3. The predicted octanol–water partition coefficient (Wildman–Crippen LogP) is 2.23. The number of carbonyl (C=O) groups is 2. The van der Waals surface area contributed by atoms with Gasteiger partial charge < -0.3 is 19.6 Å². The van der Waals surface area contributed by atoms with Gasteiger partial charge in [-0.05, 0) is 29.3 Å². The van der Waals surface area contributed by atoms with Crippen LogP contribution in [-0.2, 0) is 14.3 Å². The number of rotatable bonds is 8. The monoisotopic (exact) mass is 351 g/mol. The molecular weight excluding hydrogens is 330 g/mol. The number of anilines is 1.